The van der Waals surface area contributed by atoms with Gasteiger partial charge < -0.3 is 20.3 Å². The molecule has 1 aliphatic rings. The molecule has 0 radical (unpaired) electrons. The molecule has 0 aromatic rings. The van der Waals surface area contributed by atoms with Gasteiger partial charge in [0.1, 0.15) is 0 Å². The summed E-state index contributed by atoms with van der Waals surface area (Å²) in [4.78, 5) is 4.90. The van der Waals surface area contributed by atoms with Gasteiger partial charge in [0.2, 0.25) is 0 Å². The Bertz CT molecular complexity index is 155. The first-order valence-electron chi connectivity index (χ1n) is 5.86. The van der Waals surface area contributed by atoms with Gasteiger partial charge in [-0.15, -0.1) is 0 Å². The molecule has 0 aromatic heterocycles. The summed E-state index contributed by atoms with van der Waals surface area (Å²) in [6, 6.07) is 0. The summed E-state index contributed by atoms with van der Waals surface area (Å²) >= 11 is 0. The third kappa shape index (κ3) is 4.93. The van der Waals surface area contributed by atoms with E-state index in [2.05, 4.69) is 16.8 Å². The van der Waals surface area contributed by atoms with Crippen LogP contribution in [0.1, 0.15) is 6.42 Å². The Morgan fingerprint density at radius 2 is 1.93 bits per heavy atom. The lowest BCUT2D eigenvalue weighted by molar-refractivity contribution is 0.120. The highest BCUT2D eigenvalue weighted by atomic mass is 16.5. The maximum Gasteiger partial charge on any atom is 0.0465 e. The van der Waals surface area contributed by atoms with Crippen LogP contribution in [0.15, 0.2) is 0 Å². The summed E-state index contributed by atoms with van der Waals surface area (Å²) in [5, 5.41) is 0. The van der Waals surface area contributed by atoms with Gasteiger partial charge in [0.05, 0.1) is 0 Å². The Labute approximate surface area is 93.4 Å². The molecule has 0 aliphatic carbocycles. The minimum absolute atomic E-state index is 0.591. The summed E-state index contributed by atoms with van der Waals surface area (Å²) < 4.78 is 5.10. The third-order valence-corrected chi connectivity index (χ3v) is 3.18. The van der Waals surface area contributed by atoms with E-state index in [1.165, 1.54) is 26.2 Å². The van der Waals surface area contributed by atoms with Crippen molar-refractivity contribution in [2.75, 3.05) is 60.0 Å². The lowest BCUT2D eigenvalue weighted by Gasteiger charge is -2.34. The molecule has 15 heavy (non-hydrogen) atoms. The zero-order valence-electron chi connectivity index (χ0n) is 10.1. The second kappa shape index (κ2) is 7.17. The minimum atomic E-state index is 0.591. The van der Waals surface area contributed by atoms with Gasteiger partial charge in [0.25, 0.3) is 0 Å². The standard InChI is InChI=1S/C11H25N3O/c1-13-4-6-14(7-5-13)10-11(9-12)3-8-15-2/h11H,3-10,12H2,1-2H3. The van der Waals surface area contributed by atoms with Crippen molar-refractivity contribution in [1.82, 2.24) is 9.80 Å². The van der Waals surface area contributed by atoms with Gasteiger partial charge in [0.15, 0.2) is 0 Å². The van der Waals surface area contributed by atoms with E-state index in [1.807, 2.05) is 0 Å². The molecule has 1 fully saturated rings. The smallest absolute Gasteiger partial charge is 0.0465 e. The number of hydrogen-bond donors (Lipinski definition) is 1. The van der Waals surface area contributed by atoms with Gasteiger partial charge in [-0.05, 0) is 25.9 Å². The summed E-state index contributed by atoms with van der Waals surface area (Å²) in [6.07, 6.45) is 1.08. The zero-order valence-corrected chi connectivity index (χ0v) is 10.1. The average Bonchev–Trinajstić information content (AvgIpc) is 2.27. The Balaban J connectivity index is 2.19. The number of rotatable bonds is 6. The Kier molecular flexibility index (Phi) is 6.17. The van der Waals surface area contributed by atoms with E-state index < -0.39 is 0 Å². The van der Waals surface area contributed by atoms with Gasteiger partial charge >= 0.3 is 0 Å². The maximum absolute atomic E-state index is 5.77. The lowest BCUT2D eigenvalue weighted by atomic mass is 10.1. The van der Waals surface area contributed by atoms with Crippen LogP contribution in [0.5, 0.6) is 0 Å². The second-order valence-corrected chi connectivity index (χ2v) is 4.49. The van der Waals surface area contributed by atoms with E-state index in [1.54, 1.807) is 7.11 Å². The highest BCUT2D eigenvalue weighted by Gasteiger charge is 2.17. The average molecular weight is 215 g/mol. The van der Waals surface area contributed by atoms with E-state index in [0.29, 0.717) is 5.92 Å². The van der Waals surface area contributed by atoms with Crippen LogP contribution in [0.4, 0.5) is 0 Å². The van der Waals surface area contributed by atoms with Crippen molar-refractivity contribution in [1.29, 1.82) is 0 Å². The van der Waals surface area contributed by atoms with Crippen LogP contribution in [0.2, 0.25) is 0 Å². The number of methoxy groups -OCH3 is 1. The molecule has 0 saturated carbocycles. The van der Waals surface area contributed by atoms with Crippen LogP contribution in [0, 0.1) is 5.92 Å². The number of likely N-dealkylation sites (N-methyl/N-ethyl adjacent to an activating group) is 1. The third-order valence-electron chi connectivity index (χ3n) is 3.18. The number of hydrogen-bond acceptors (Lipinski definition) is 4. The summed E-state index contributed by atoms with van der Waals surface area (Å²) in [5.74, 6) is 0.591. The molecule has 4 nitrogen and oxygen atoms in total. The molecule has 0 spiro atoms. The molecule has 1 heterocycles. The van der Waals surface area contributed by atoms with Crippen molar-refractivity contribution < 1.29 is 4.74 Å². The number of nitrogens with zero attached hydrogens (tertiary/aromatic N) is 2. The van der Waals surface area contributed by atoms with Crippen molar-refractivity contribution in [3.8, 4) is 0 Å². The number of ether oxygens (including phenoxy) is 1. The van der Waals surface area contributed by atoms with Crippen LogP contribution in [0.3, 0.4) is 0 Å². The monoisotopic (exact) mass is 215 g/mol. The molecule has 0 bridgehead atoms. The normalized spacial score (nSPS) is 21.8. The van der Waals surface area contributed by atoms with Crippen LogP contribution in [0.25, 0.3) is 0 Å². The van der Waals surface area contributed by atoms with Gasteiger partial charge in [-0.25, -0.2) is 0 Å². The van der Waals surface area contributed by atoms with Gasteiger partial charge in [-0.1, -0.05) is 0 Å². The van der Waals surface area contributed by atoms with E-state index in [0.717, 1.165) is 26.1 Å². The molecular weight excluding hydrogens is 190 g/mol. The Hall–Kier alpha value is -0.160. The summed E-state index contributed by atoms with van der Waals surface area (Å²) in [6.45, 7) is 7.46. The first-order chi connectivity index (χ1) is 7.26. The fraction of sp³-hybridized carbons (Fsp3) is 1.00. The molecule has 1 unspecified atom stereocenters. The van der Waals surface area contributed by atoms with E-state index in [4.69, 9.17) is 10.5 Å². The molecule has 2 N–H and O–H groups in total. The Morgan fingerprint density at radius 3 is 2.47 bits per heavy atom. The molecule has 0 aromatic carbocycles. The highest BCUT2D eigenvalue weighted by molar-refractivity contribution is 4.73. The quantitative estimate of drug-likeness (QED) is 0.669. The van der Waals surface area contributed by atoms with Crippen LogP contribution in [-0.4, -0.2) is 69.8 Å². The van der Waals surface area contributed by atoms with Crippen molar-refractivity contribution in [3.05, 3.63) is 0 Å². The van der Waals surface area contributed by atoms with E-state index >= 15 is 0 Å². The van der Waals surface area contributed by atoms with Crippen molar-refractivity contribution in [2.24, 2.45) is 11.7 Å². The van der Waals surface area contributed by atoms with Crippen molar-refractivity contribution in [3.63, 3.8) is 0 Å². The molecule has 4 heteroatoms. The lowest BCUT2D eigenvalue weighted by Crippen LogP contribution is -2.46. The maximum atomic E-state index is 5.77. The molecule has 1 aliphatic heterocycles. The molecule has 90 valence electrons. The summed E-state index contributed by atoms with van der Waals surface area (Å²) in [5.41, 5.74) is 5.77. The fourth-order valence-corrected chi connectivity index (χ4v) is 1.96. The van der Waals surface area contributed by atoms with Gasteiger partial charge in [-0.3, -0.25) is 0 Å². The van der Waals surface area contributed by atoms with Gasteiger partial charge in [0, 0.05) is 46.4 Å². The number of nitrogens with two attached hydrogens (primary N) is 1. The van der Waals surface area contributed by atoms with E-state index in [-0.39, 0.29) is 0 Å². The molecule has 1 rings (SSSR count). The molecule has 0 amide bonds. The molecular formula is C11H25N3O. The van der Waals surface area contributed by atoms with Crippen molar-refractivity contribution in [2.45, 2.75) is 6.42 Å². The largest absolute Gasteiger partial charge is 0.385 e. The SMILES string of the molecule is COCCC(CN)CN1CCN(C)CC1. The van der Waals surface area contributed by atoms with E-state index in [9.17, 15) is 0 Å². The van der Waals surface area contributed by atoms with Crippen molar-refractivity contribution >= 4 is 0 Å². The van der Waals surface area contributed by atoms with Gasteiger partial charge in [-0.2, -0.15) is 0 Å². The topological polar surface area (TPSA) is 41.7 Å². The molecule has 1 atom stereocenters. The van der Waals surface area contributed by atoms with Crippen LogP contribution >= 0.6 is 0 Å². The zero-order chi connectivity index (χ0) is 11.1. The second-order valence-electron chi connectivity index (χ2n) is 4.49. The minimum Gasteiger partial charge on any atom is -0.385 e. The van der Waals surface area contributed by atoms with Crippen LogP contribution in [-0.2, 0) is 4.74 Å². The predicted molar refractivity (Wildman–Crippen MR) is 63.0 cm³/mol. The first-order valence-corrected chi connectivity index (χ1v) is 5.86. The molecule has 1 saturated heterocycles. The van der Waals surface area contributed by atoms with Crippen LogP contribution < -0.4 is 5.73 Å². The summed E-state index contributed by atoms with van der Waals surface area (Å²) in [7, 11) is 3.94. The first kappa shape index (κ1) is 12.9. The number of piperazine rings is 1. The Morgan fingerprint density at radius 1 is 1.27 bits per heavy atom. The highest BCUT2D eigenvalue weighted by Crippen LogP contribution is 2.07. The fourth-order valence-electron chi connectivity index (χ4n) is 1.96. The predicted octanol–water partition coefficient (Wildman–Crippen LogP) is -0.155.